The van der Waals surface area contributed by atoms with Crippen LogP contribution >= 0.6 is 0 Å². The fraction of sp³-hybridized carbons (Fsp3) is 0.562. The fourth-order valence-electron chi connectivity index (χ4n) is 2.53. The molecule has 0 aliphatic carbocycles. The standard InChI is InChI=1S/C16H24N2O2/c1-11-6-4-5-7-13(11)8-12(2)18-15(19)16(3)10-20-9-14(16)17/h4-7,12,14H,8-10,17H2,1-3H3,(H,18,19). The predicted octanol–water partition coefficient (Wildman–Crippen LogP) is 1.41. The van der Waals surface area contributed by atoms with Crippen molar-refractivity contribution in [3.63, 3.8) is 0 Å². The van der Waals surface area contributed by atoms with E-state index in [9.17, 15) is 4.79 Å². The number of hydrogen-bond acceptors (Lipinski definition) is 3. The van der Waals surface area contributed by atoms with Crippen molar-refractivity contribution in [3.8, 4) is 0 Å². The molecule has 3 N–H and O–H groups in total. The summed E-state index contributed by atoms with van der Waals surface area (Å²) in [5.41, 5.74) is 7.88. The third kappa shape index (κ3) is 3.02. The maximum Gasteiger partial charge on any atom is 0.230 e. The van der Waals surface area contributed by atoms with Crippen LogP contribution in [-0.4, -0.2) is 31.2 Å². The fourth-order valence-corrected chi connectivity index (χ4v) is 2.53. The Hall–Kier alpha value is -1.39. The van der Waals surface area contributed by atoms with Crippen molar-refractivity contribution < 1.29 is 9.53 Å². The molecule has 0 bridgehead atoms. The van der Waals surface area contributed by atoms with E-state index < -0.39 is 5.41 Å². The SMILES string of the molecule is Cc1ccccc1CC(C)NC(=O)C1(C)COCC1N. The number of amides is 1. The second-order valence-corrected chi connectivity index (χ2v) is 6.04. The van der Waals surface area contributed by atoms with Gasteiger partial charge in [-0.2, -0.15) is 0 Å². The molecule has 1 aliphatic rings. The molecular formula is C16H24N2O2. The number of carbonyl (C=O) groups excluding carboxylic acids is 1. The van der Waals surface area contributed by atoms with E-state index in [-0.39, 0.29) is 18.0 Å². The van der Waals surface area contributed by atoms with E-state index in [1.807, 2.05) is 26.0 Å². The lowest BCUT2D eigenvalue weighted by molar-refractivity contribution is -0.131. The van der Waals surface area contributed by atoms with Gasteiger partial charge in [-0.3, -0.25) is 4.79 Å². The molecule has 1 heterocycles. The molecule has 0 saturated carbocycles. The van der Waals surface area contributed by atoms with E-state index >= 15 is 0 Å². The topological polar surface area (TPSA) is 64.3 Å². The summed E-state index contributed by atoms with van der Waals surface area (Å²) in [6.07, 6.45) is 0.824. The summed E-state index contributed by atoms with van der Waals surface area (Å²) in [6.45, 7) is 6.84. The minimum atomic E-state index is -0.611. The van der Waals surface area contributed by atoms with E-state index in [2.05, 4.69) is 24.4 Å². The molecule has 1 saturated heterocycles. The highest BCUT2D eigenvalue weighted by Gasteiger charge is 2.44. The first-order chi connectivity index (χ1) is 9.43. The lowest BCUT2D eigenvalue weighted by Gasteiger charge is -2.27. The molecular weight excluding hydrogens is 252 g/mol. The number of nitrogens with one attached hydrogen (secondary N) is 1. The van der Waals surface area contributed by atoms with Gasteiger partial charge in [0.1, 0.15) is 0 Å². The van der Waals surface area contributed by atoms with E-state index in [1.54, 1.807) is 0 Å². The minimum absolute atomic E-state index is 0.0106. The number of nitrogens with two attached hydrogens (primary N) is 1. The summed E-state index contributed by atoms with van der Waals surface area (Å²) in [4.78, 5) is 12.4. The molecule has 3 atom stereocenters. The molecule has 1 aromatic rings. The Morgan fingerprint density at radius 2 is 2.25 bits per heavy atom. The Morgan fingerprint density at radius 1 is 1.55 bits per heavy atom. The van der Waals surface area contributed by atoms with Crippen molar-refractivity contribution in [3.05, 3.63) is 35.4 Å². The van der Waals surface area contributed by atoms with Gasteiger partial charge in [0.25, 0.3) is 0 Å². The largest absolute Gasteiger partial charge is 0.379 e. The first kappa shape index (κ1) is 15.0. The van der Waals surface area contributed by atoms with Gasteiger partial charge in [-0.15, -0.1) is 0 Å². The highest BCUT2D eigenvalue weighted by atomic mass is 16.5. The van der Waals surface area contributed by atoms with Crippen molar-refractivity contribution >= 4 is 5.91 Å². The molecule has 0 radical (unpaired) electrons. The zero-order valence-corrected chi connectivity index (χ0v) is 12.5. The van der Waals surface area contributed by atoms with Crippen LogP contribution in [0.1, 0.15) is 25.0 Å². The quantitative estimate of drug-likeness (QED) is 0.874. The normalized spacial score (nSPS) is 27.3. The molecule has 1 amide bonds. The van der Waals surface area contributed by atoms with Crippen molar-refractivity contribution in [2.75, 3.05) is 13.2 Å². The predicted molar refractivity (Wildman–Crippen MR) is 79.4 cm³/mol. The number of ether oxygens (including phenoxy) is 1. The van der Waals surface area contributed by atoms with Crippen LogP contribution in [0, 0.1) is 12.3 Å². The average molecular weight is 276 g/mol. The number of carbonyl (C=O) groups is 1. The summed E-state index contributed by atoms with van der Waals surface area (Å²) in [6, 6.07) is 8.09. The van der Waals surface area contributed by atoms with Gasteiger partial charge in [0.15, 0.2) is 0 Å². The van der Waals surface area contributed by atoms with Crippen molar-refractivity contribution in [2.45, 2.75) is 39.3 Å². The zero-order valence-electron chi connectivity index (χ0n) is 12.5. The van der Waals surface area contributed by atoms with Crippen LogP contribution in [0.4, 0.5) is 0 Å². The van der Waals surface area contributed by atoms with Crippen LogP contribution in [0.2, 0.25) is 0 Å². The molecule has 2 rings (SSSR count). The van der Waals surface area contributed by atoms with E-state index in [0.29, 0.717) is 13.2 Å². The smallest absolute Gasteiger partial charge is 0.230 e. The van der Waals surface area contributed by atoms with Gasteiger partial charge >= 0.3 is 0 Å². The third-order valence-electron chi connectivity index (χ3n) is 4.20. The Bertz CT molecular complexity index is 489. The van der Waals surface area contributed by atoms with Crippen molar-refractivity contribution in [1.82, 2.24) is 5.32 Å². The van der Waals surface area contributed by atoms with Crippen molar-refractivity contribution in [1.29, 1.82) is 0 Å². The zero-order chi connectivity index (χ0) is 14.8. The first-order valence-electron chi connectivity index (χ1n) is 7.12. The maximum atomic E-state index is 12.4. The van der Waals surface area contributed by atoms with Crippen LogP contribution in [-0.2, 0) is 16.0 Å². The maximum absolute atomic E-state index is 12.4. The molecule has 4 nitrogen and oxygen atoms in total. The molecule has 110 valence electrons. The summed E-state index contributed by atoms with van der Waals surface area (Å²) >= 11 is 0. The minimum Gasteiger partial charge on any atom is -0.379 e. The first-order valence-corrected chi connectivity index (χ1v) is 7.12. The highest BCUT2D eigenvalue weighted by Crippen LogP contribution is 2.27. The second kappa shape index (κ2) is 5.94. The average Bonchev–Trinajstić information content (AvgIpc) is 2.74. The van der Waals surface area contributed by atoms with Crippen LogP contribution < -0.4 is 11.1 Å². The number of benzene rings is 1. The van der Waals surface area contributed by atoms with Gasteiger partial charge in [-0.25, -0.2) is 0 Å². The Balaban J connectivity index is 1.96. The van der Waals surface area contributed by atoms with Gasteiger partial charge in [-0.1, -0.05) is 24.3 Å². The van der Waals surface area contributed by atoms with Gasteiger partial charge in [0.05, 0.1) is 18.6 Å². The second-order valence-electron chi connectivity index (χ2n) is 6.04. The van der Waals surface area contributed by atoms with Crippen LogP contribution in [0.15, 0.2) is 24.3 Å². The highest BCUT2D eigenvalue weighted by molar-refractivity contribution is 5.83. The summed E-state index contributed by atoms with van der Waals surface area (Å²) in [7, 11) is 0. The Morgan fingerprint density at radius 3 is 2.85 bits per heavy atom. The Kier molecular flexibility index (Phi) is 4.45. The van der Waals surface area contributed by atoms with Gasteiger partial charge in [0, 0.05) is 12.1 Å². The van der Waals surface area contributed by atoms with E-state index in [0.717, 1.165) is 6.42 Å². The van der Waals surface area contributed by atoms with Gasteiger partial charge in [0.2, 0.25) is 5.91 Å². The number of rotatable bonds is 4. The van der Waals surface area contributed by atoms with Crippen LogP contribution in [0.5, 0.6) is 0 Å². The molecule has 1 fully saturated rings. The Labute approximate surface area is 120 Å². The summed E-state index contributed by atoms with van der Waals surface area (Å²) in [5, 5.41) is 3.07. The van der Waals surface area contributed by atoms with Gasteiger partial charge in [-0.05, 0) is 38.3 Å². The molecule has 1 aliphatic heterocycles. The lowest BCUT2D eigenvalue weighted by atomic mass is 9.84. The lowest BCUT2D eigenvalue weighted by Crippen LogP contribution is -2.52. The van der Waals surface area contributed by atoms with E-state index in [4.69, 9.17) is 10.5 Å². The van der Waals surface area contributed by atoms with E-state index in [1.165, 1.54) is 11.1 Å². The number of aryl methyl sites for hydroxylation is 1. The van der Waals surface area contributed by atoms with Gasteiger partial charge < -0.3 is 15.8 Å². The number of hydrogen-bond donors (Lipinski definition) is 2. The molecule has 20 heavy (non-hydrogen) atoms. The summed E-state index contributed by atoms with van der Waals surface area (Å²) < 4.78 is 5.33. The molecule has 0 aromatic heterocycles. The molecule has 0 spiro atoms. The summed E-state index contributed by atoms with van der Waals surface area (Å²) in [5.74, 6) is -0.0106. The molecule has 3 unspecified atom stereocenters. The molecule has 1 aromatic carbocycles. The van der Waals surface area contributed by atoms with Crippen LogP contribution in [0.3, 0.4) is 0 Å². The third-order valence-corrected chi connectivity index (χ3v) is 4.20. The van der Waals surface area contributed by atoms with Crippen molar-refractivity contribution in [2.24, 2.45) is 11.1 Å². The van der Waals surface area contributed by atoms with Crippen LogP contribution in [0.25, 0.3) is 0 Å². The monoisotopic (exact) mass is 276 g/mol. The molecule has 4 heteroatoms.